The van der Waals surface area contributed by atoms with Crippen molar-refractivity contribution in [2.75, 3.05) is 18.5 Å². The summed E-state index contributed by atoms with van der Waals surface area (Å²) in [5.41, 5.74) is 6.71. The van der Waals surface area contributed by atoms with Crippen LogP contribution >= 0.6 is 0 Å². The van der Waals surface area contributed by atoms with Crippen LogP contribution in [-0.2, 0) is 9.53 Å². The van der Waals surface area contributed by atoms with Gasteiger partial charge < -0.3 is 21.0 Å². The molecule has 0 radical (unpaired) electrons. The average molecular weight is 263 g/mol. The second-order valence-corrected chi connectivity index (χ2v) is 4.44. The predicted molar refractivity (Wildman–Crippen MR) is 71.1 cm³/mol. The number of oxime groups is 1. The standard InChI is InChI=1S/C13H17N3O3/c14-12(16-18)10-2-1-3-11(8-10)15-13(17)9-4-6-19-7-5-9/h1-3,8-9,18H,4-7H2,(H2,14,16)(H,15,17). The molecule has 0 unspecified atom stereocenters. The van der Waals surface area contributed by atoms with E-state index in [1.54, 1.807) is 24.3 Å². The van der Waals surface area contributed by atoms with Crippen molar-refractivity contribution in [2.45, 2.75) is 12.8 Å². The number of carbonyl (C=O) groups excluding carboxylic acids is 1. The number of benzene rings is 1. The molecule has 4 N–H and O–H groups in total. The van der Waals surface area contributed by atoms with Crippen LogP contribution in [0.4, 0.5) is 5.69 Å². The van der Waals surface area contributed by atoms with E-state index < -0.39 is 0 Å². The molecule has 1 aromatic carbocycles. The maximum absolute atomic E-state index is 12.0. The highest BCUT2D eigenvalue weighted by Crippen LogP contribution is 2.18. The maximum Gasteiger partial charge on any atom is 0.227 e. The largest absolute Gasteiger partial charge is 0.409 e. The van der Waals surface area contributed by atoms with E-state index in [4.69, 9.17) is 15.7 Å². The molecule has 1 heterocycles. The molecule has 0 spiro atoms. The Labute approximate surface area is 111 Å². The van der Waals surface area contributed by atoms with Crippen molar-refractivity contribution in [1.29, 1.82) is 0 Å². The fraction of sp³-hybridized carbons (Fsp3) is 0.385. The van der Waals surface area contributed by atoms with Gasteiger partial charge in [-0.2, -0.15) is 0 Å². The third kappa shape index (κ3) is 3.45. The van der Waals surface area contributed by atoms with Crippen LogP contribution in [0.15, 0.2) is 29.4 Å². The van der Waals surface area contributed by atoms with E-state index in [0.29, 0.717) is 24.5 Å². The molecule has 2 rings (SSSR count). The second kappa shape index (κ2) is 6.19. The van der Waals surface area contributed by atoms with E-state index in [2.05, 4.69) is 10.5 Å². The number of nitrogens with zero attached hydrogens (tertiary/aromatic N) is 1. The van der Waals surface area contributed by atoms with Crippen LogP contribution in [0.25, 0.3) is 0 Å². The minimum Gasteiger partial charge on any atom is -0.409 e. The van der Waals surface area contributed by atoms with Crippen LogP contribution in [0.2, 0.25) is 0 Å². The van der Waals surface area contributed by atoms with Crippen molar-refractivity contribution in [3.05, 3.63) is 29.8 Å². The average Bonchev–Trinajstić information content (AvgIpc) is 2.47. The van der Waals surface area contributed by atoms with Gasteiger partial charge in [0.05, 0.1) is 0 Å². The minimum atomic E-state index is -0.0139. The molecular weight excluding hydrogens is 246 g/mol. The van der Waals surface area contributed by atoms with Gasteiger partial charge in [0.15, 0.2) is 5.84 Å². The van der Waals surface area contributed by atoms with Gasteiger partial charge in [-0.3, -0.25) is 4.79 Å². The summed E-state index contributed by atoms with van der Waals surface area (Å²) in [5, 5.41) is 14.4. The predicted octanol–water partition coefficient (Wildman–Crippen LogP) is 1.15. The van der Waals surface area contributed by atoms with Gasteiger partial charge in [0.2, 0.25) is 5.91 Å². The van der Waals surface area contributed by atoms with Crippen LogP contribution in [0.5, 0.6) is 0 Å². The van der Waals surface area contributed by atoms with E-state index in [9.17, 15) is 4.79 Å². The number of nitrogens with two attached hydrogens (primary N) is 1. The van der Waals surface area contributed by atoms with Crippen LogP contribution in [0.3, 0.4) is 0 Å². The number of amidine groups is 1. The number of carbonyl (C=O) groups is 1. The lowest BCUT2D eigenvalue weighted by atomic mass is 9.99. The number of hydrogen-bond acceptors (Lipinski definition) is 4. The quantitative estimate of drug-likeness (QED) is 0.330. The lowest BCUT2D eigenvalue weighted by Gasteiger charge is -2.21. The molecule has 1 amide bonds. The molecule has 0 bridgehead atoms. The van der Waals surface area contributed by atoms with E-state index in [1.807, 2.05) is 0 Å². The summed E-state index contributed by atoms with van der Waals surface area (Å²) in [4.78, 5) is 12.0. The Morgan fingerprint density at radius 2 is 2.16 bits per heavy atom. The third-order valence-electron chi connectivity index (χ3n) is 3.13. The molecule has 1 aliphatic rings. The minimum absolute atomic E-state index is 0.0127. The van der Waals surface area contributed by atoms with Gasteiger partial charge in [-0.1, -0.05) is 17.3 Å². The zero-order valence-corrected chi connectivity index (χ0v) is 10.5. The smallest absolute Gasteiger partial charge is 0.227 e. The van der Waals surface area contributed by atoms with Crippen molar-refractivity contribution in [3.63, 3.8) is 0 Å². The first-order valence-corrected chi connectivity index (χ1v) is 6.17. The van der Waals surface area contributed by atoms with E-state index in [-0.39, 0.29) is 17.7 Å². The fourth-order valence-electron chi connectivity index (χ4n) is 2.02. The number of nitrogens with one attached hydrogen (secondary N) is 1. The Morgan fingerprint density at radius 3 is 2.84 bits per heavy atom. The fourth-order valence-corrected chi connectivity index (χ4v) is 2.02. The zero-order valence-electron chi connectivity index (χ0n) is 10.5. The SMILES string of the molecule is NC(=NO)c1cccc(NC(=O)C2CCOCC2)c1. The second-order valence-electron chi connectivity index (χ2n) is 4.44. The molecule has 1 aromatic rings. The summed E-state index contributed by atoms with van der Waals surface area (Å²) in [6.07, 6.45) is 1.48. The highest BCUT2D eigenvalue weighted by molar-refractivity contribution is 5.99. The molecule has 0 atom stereocenters. The summed E-state index contributed by atoms with van der Waals surface area (Å²) < 4.78 is 5.23. The monoisotopic (exact) mass is 263 g/mol. The summed E-state index contributed by atoms with van der Waals surface area (Å²) in [6, 6.07) is 6.89. The number of anilines is 1. The first kappa shape index (κ1) is 13.4. The van der Waals surface area contributed by atoms with E-state index in [1.165, 1.54) is 0 Å². The normalized spacial score (nSPS) is 17.2. The molecule has 6 heteroatoms. The lowest BCUT2D eigenvalue weighted by molar-refractivity contribution is -0.122. The highest BCUT2D eigenvalue weighted by atomic mass is 16.5. The van der Waals surface area contributed by atoms with Gasteiger partial charge in [-0.05, 0) is 25.0 Å². The molecule has 102 valence electrons. The first-order chi connectivity index (χ1) is 9.20. The summed E-state index contributed by atoms with van der Waals surface area (Å²) in [6.45, 7) is 1.25. The van der Waals surface area contributed by atoms with Gasteiger partial charge in [0.1, 0.15) is 0 Å². The van der Waals surface area contributed by atoms with Gasteiger partial charge >= 0.3 is 0 Å². The zero-order chi connectivity index (χ0) is 13.7. The molecule has 1 saturated heterocycles. The molecule has 0 saturated carbocycles. The van der Waals surface area contributed by atoms with E-state index in [0.717, 1.165) is 12.8 Å². The Bertz CT molecular complexity index is 482. The van der Waals surface area contributed by atoms with Crippen LogP contribution in [0.1, 0.15) is 18.4 Å². The Balaban J connectivity index is 2.04. The number of amides is 1. The Morgan fingerprint density at radius 1 is 1.42 bits per heavy atom. The van der Waals surface area contributed by atoms with Crippen molar-refractivity contribution < 1.29 is 14.7 Å². The van der Waals surface area contributed by atoms with Crippen LogP contribution < -0.4 is 11.1 Å². The van der Waals surface area contributed by atoms with Crippen molar-refractivity contribution in [1.82, 2.24) is 0 Å². The highest BCUT2D eigenvalue weighted by Gasteiger charge is 2.21. The molecule has 6 nitrogen and oxygen atoms in total. The molecule has 19 heavy (non-hydrogen) atoms. The first-order valence-electron chi connectivity index (χ1n) is 6.17. The number of rotatable bonds is 3. The molecular formula is C13H17N3O3. The topological polar surface area (TPSA) is 96.9 Å². The van der Waals surface area contributed by atoms with Gasteiger partial charge in [-0.25, -0.2) is 0 Å². The summed E-state index contributed by atoms with van der Waals surface area (Å²) in [7, 11) is 0. The van der Waals surface area contributed by atoms with Crippen molar-refractivity contribution in [3.8, 4) is 0 Å². The summed E-state index contributed by atoms with van der Waals surface area (Å²) >= 11 is 0. The molecule has 1 fully saturated rings. The number of ether oxygens (including phenoxy) is 1. The number of hydrogen-bond donors (Lipinski definition) is 3. The van der Waals surface area contributed by atoms with Gasteiger partial charge in [-0.15, -0.1) is 0 Å². The molecule has 0 aliphatic carbocycles. The summed E-state index contributed by atoms with van der Waals surface area (Å²) in [5.74, 6) is -0.0108. The molecule has 1 aliphatic heterocycles. The Kier molecular flexibility index (Phi) is 4.35. The van der Waals surface area contributed by atoms with Gasteiger partial charge in [0, 0.05) is 30.4 Å². The van der Waals surface area contributed by atoms with Crippen LogP contribution in [0, 0.1) is 5.92 Å². The molecule has 0 aromatic heterocycles. The van der Waals surface area contributed by atoms with Crippen molar-refractivity contribution in [2.24, 2.45) is 16.8 Å². The third-order valence-corrected chi connectivity index (χ3v) is 3.13. The van der Waals surface area contributed by atoms with E-state index >= 15 is 0 Å². The maximum atomic E-state index is 12.0. The van der Waals surface area contributed by atoms with Crippen molar-refractivity contribution >= 4 is 17.4 Å². The van der Waals surface area contributed by atoms with Gasteiger partial charge in [0.25, 0.3) is 0 Å². The lowest BCUT2D eigenvalue weighted by Crippen LogP contribution is -2.28. The Hall–Kier alpha value is -2.08. The van der Waals surface area contributed by atoms with Crippen LogP contribution in [-0.4, -0.2) is 30.2 Å².